The van der Waals surface area contributed by atoms with Crippen LogP contribution >= 0.6 is 0 Å². The fourth-order valence-electron chi connectivity index (χ4n) is 1.32. The van der Waals surface area contributed by atoms with E-state index in [9.17, 15) is 4.79 Å². The summed E-state index contributed by atoms with van der Waals surface area (Å²) in [6, 6.07) is 3.10. The van der Waals surface area contributed by atoms with Gasteiger partial charge in [0.2, 0.25) is 0 Å². The number of rotatable bonds is 5. The Morgan fingerprint density at radius 2 is 1.74 bits per heavy atom. The highest BCUT2D eigenvalue weighted by Gasteiger charge is 2.09. The van der Waals surface area contributed by atoms with Crippen LogP contribution in [0.3, 0.4) is 0 Å². The van der Waals surface area contributed by atoms with Crippen molar-refractivity contribution in [2.45, 2.75) is 6.61 Å². The van der Waals surface area contributed by atoms with Gasteiger partial charge in [0.15, 0.2) is 0 Å². The highest BCUT2D eigenvalue weighted by atomic mass is 16.5. The van der Waals surface area contributed by atoms with Crippen molar-refractivity contribution in [1.82, 2.24) is 0 Å². The molecule has 0 heterocycles. The van der Waals surface area contributed by atoms with Crippen molar-refractivity contribution in [3.05, 3.63) is 29.6 Å². The van der Waals surface area contributed by atoms with Crippen molar-refractivity contribution in [2.24, 2.45) is 17.2 Å². The van der Waals surface area contributed by atoms with Crippen LogP contribution in [0.15, 0.2) is 24.0 Å². The zero-order valence-electron chi connectivity index (χ0n) is 10.3. The molecule has 0 aliphatic carbocycles. The van der Waals surface area contributed by atoms with Crippen molar-refractivity contribution in [1.29, 1.82) is 0 Å². The lowest BCUT2D eigenvalue weighted by atomic mass is 10.1. The minimum atomic E-state index is -0.900. The summed E-state index contributed by atoms with van der Waals surface area (Å²) in [6.07, 6.45) is 0.596. The number of hydrogen-bond donors (Lipinski definition) is 5. The van der Waals surface area contributed by atoms with Gasteiger partial charge in [0, 0.05) is 29.1 Å². The third-order valence-electron chi connectivity index (χ3n) is 2.22. The molecule has 10 N–H and O–H groups in total. The minimum Gasteiger partial charge on any atom is -0.489 e. The zero-order chi connectivity index (χ0) is 14.4. The maximum absolute atomic E-state index is 10.5. The average molecular weight is 267 g/mol. The number of anilines is 2. The lowest BCUT2D eigenvalue weighted by molar-refractivity contribution is 0.150. The Morgan fingerprint density at radius 3 is 2.21 bits per heavy atom. The molecule has 0 saturated heterocycles. The highest BCUT2D eigenvalue weighted by molar-refractivity contribution is 5.68. The number of benzene rings is 1. The van der Waals surface area contributed by atoms with Gasteiger partial charge in [-0.15, -0.1) is 0 Å². The number of hydrogen-bond acceptors (Lipinski definition) is 7. The van der Waals surface area contributed by atoms with Crippen molar-refractivity contribution < 1.29 is 14.3 Å². The minimum absolute atomic E-state index is 0.0943. The number of carbonyl (C=O) groups excluding carboxylic acids is 1. The summed E-state index contributed by atoms with van der Waals surface area (Å²) in [5.74, 6) is 0.614. The van der Waals surface area contributed by atoms with E-state index in [0.29, 0.717) is 22.7 Å². The van der Waals surface area contributed by atoms with Crippen molar-refractivity contribution in [3.8, 4) is 5.75 Å². The number of ether oxygens (including phenoxy) is 2. The Morgan fingerprint density at radius 1 is 1.16 bits per heavy atom. The van der Waals surface area contributed by atoms with Crippen molar-refractivity contribution in [3.63, 3.8) is 0 Å². The van der Waals surface area contributed by atoms with Crippen LogP contribution in [0.2, 0.25) is 0 Å². The Hall–Kier alpha value is -2.77. The molecule has 0 aliphatic heterocycles. The van der Waals surface area contributed by atoms with Gasteiger partial charge in [-0.25, -0.2) is 4.79 Å². The van der Waals surface area contributed by atoms with E-state index in [0.717, 1.165) is 0 Å². The predicted octanol–water partition coefficient (Wildman–Crippen LogP) is -0.416. The van der Waals surface area contributed by atoms with E-state index in [1.807, 2.05) is 0 Å². The SMILES string of the molecule is NC(=O)OCc1c(N)cc(OCC=C(N)N)cc1N. The molecule has 0 aliphatic rings. The number of carbonyl (C=O) groups is 1. The summed E-state index contributed by atoms with van der Waals surface area (Å²) >= 11 is 0. The second-order valence-electron chi connectivity index (χ2n) is 3.70. The molecule has 8 heteroatoms. The summed E-state index contributed by atoms with van der Waals surface area (Å²) < 4.78 is 9.97. The standard InChI is InChI=1S/C11H17N5O3/c12-8-3-6(18-2-1-10(14)15)4-9(13)7(8)5-19-11(16)17/h1,3-4H,2,5,12-15H2,(H2,16,17). The van der Waals surface area contributed by atoms with Crippen LogP contribution in [0.4, 0.5) is 16.2 Å². The normalized spacial score (nSPS) is 9.68. The third-order valence-corrected chi connectivity index (χ3v) is 2.22. The van der Waals surface area contributed by atoms with Crippen LogP contribution in [0.1, 0.15) is 5.56 Å². The lowest BCUT2D eigenvalue weighted by Gasteiger charge is -2.12. The molecule has 0 radical (unpaired) electrons. The first-order valence-electron chi connectivity index (χ1n) is 5.34. The van der Waals surface area contributed by atoms with Gasteiger partial charge in [-0.1, -0.05) is 0 Å². The van der Waals surface area contributed by atoms with E-state index in [1.165, 1.54) is 6.08 Å². The van der Waals surface area contributed by atoms with Crippen molar-refractivity contribution >= 4 is 17.5 Å². The first-order chi connectivity index (χ1) is 8.90. The molecule has 0 fully saturated rings. The molecular weight excluding hydrogens is 250 g/mol. The fraction of sp³-hybridized carbons (Fsp3) is 0.182. The van der Waals surface area contributed by atoms with Gasteiger partial charge in [0.1, 0.15) is 19.0 Å². The van der Waals surface area contributed by atoms with Gasteiger partial charge in [0.05, 0.1) is 5.82 Å². The quantitative estimate of drug-likeness (QED) is 0.452. The summed E-state index contributed by atoms with van der Waals surface area (Å²) in [7, 11) is 0. The van der Waals surface area contributed by atoms with Crippen molar-refractivity contribution in [2.75, 3.05) is 18.1 Å². The topological polar surface area (TPSA) is 166 Å². The van der Waals surface area contributed by atoms with Crippen LogP contribution in [0.25, 0.3) is 0 Å². The van der Waals surface area contributed by atoms with Gasteiger partial charge in [-0.3, -0.25) is 0 Å². The van der Waals surface area contributed by atoms with E-state index in [4.69, 9.17) is 33.4 Å². The Balaban J connectivity index is 2.78. The summed E-state index contributed by atoms with van der Waals surface area (Å²) in [5.41, 5.74) is 28.1. The van der Waals surface area contributed by atoms with E-state index in [1.54, 1.807) is 12.1 Å². The van der Waals surface area contributed by atoms with Crippen LogP contribution in [0, 0.1) is 0 Å². The largest absolute Gasteiger partial charge is 0.489 e. The Labute approximate surface area is 110 Å². The smallest absolute Gasteiger partial charge is 0.404 e. The van der Waals surface area contributed by atoms with Crippen LogP contribution in [-0.2, 0) is 11.3 Å². The molecule has 0 atom stereocenters. The third kappa shape index (κ3) is 4.54. The molecule has 8 nitrogen and oxygen atoms in total. The second-order valence-corrected chi connectivity index (χ2v) is 3.70. The highest BCUT2D eigenvalue weighted by Crippen LogP contribution is 2.27. The molecule has 0 spiro atoms. The fourth-order valence-corrected chi connectivity index (χ4v) is 1.32. The first kappa shape index (κ1) is 14.3. The average Bonchev–Trinajstić information content (AvgIpc) is 2.26. The van der Waals surface area contributed by atoms with E-state index in [-0.39, 0.29) is 19.0 Å². The molecule has 1 aromatic carbocycles. The monoisotopic (exact) mass is 267 g/mol. The number of nitrogen functional groups attached to an aromatic ring is 2. The van der Waals surface area contributed by atoms with E-state index in [2.05, 4.69) is 4.74 Å². The van der Waals surface area contributed by atoms with Crippen LogP contribution in [-0.4, -0.2) is 12.7 Å². The molecule has 0 saturated carbocycles. The Kier molecular flexibility index (Phi) is 4.69. The van der Waals surface area contributed by atoms with E-state index < -0.39 is 6.09 Å². The molecule has 0 bridgehead atoms. The summed E-state index contributed by atoms with van der Waals surface area (Å²) in [4.78, 5) is 10.5. The Bertz CT molecular complexity index is 474. The van der Waals surface area contributed by atoms with Gasteiger partial charge in [-0.05, 0) is 6.08 Å². The van der Waals surface area contributed by atoms with Gasteiger partial charge in [0.25, 0.3) is 0 Å². The molecule has 0 aromatic heterocycles. The predicted molar refractivity (Wildman–Crippen MR) is 71.6 cm³/mol. The second kappa shape index (κ2) is 6.24. The molecular formula is C11H17N5O3. The zero-order valence-corrected chi connectivity index (χ0v) is 10.3. The number of primary amides is 1. The molecule has 1 amide bonds. The summed E-state index contributed by atoms with van der Waals surface area (Å²) in [6.45, 7) is 0.0985. The summed E-state index contributed by atoms with van der Waals surface area (Å²) in [5, 5.41) is 0. The molecule has 19 heavy (non-hydrogen) atoms. The number of nitrogens with two attached hydrogens (primary N) is 5. The van der Waals surface area contributed by atoms with E-state index >= 15 is 0 Å². The van der Waals surface area contributed by atoms with Crippen LogP contribution in [0.5, 0.6) is 5.75 Å². The van der Waals surface area contributed by atoms with Gasteiger partial charge >= 0.3 is 6.09 Å². The lowest BCUT2D eigenvalue weighted by Crippen LogP contribution is -2.14. The maximum Gasteiger partial charge on any atom is 0.404 e. The maximum atomic E-state index is 10.5. The first-order valence-corrected chi connectivity index (χ1v) is 5.34. The van der Waals surface area contributed by atoms with Crippen LogP contribution < -0.4 is 33.4 Å². The molecule has 0 unspecified atom stereocenters. The molecule has 104 valence electrons. The molecule has 1 aromatic rings. The van der Waals surface area contributed by atoms with Gasteiger partial charge < -0.3 is 38.1 Å². The molecule has 1 rings (SSSR count). The van der Waals surface area contributed by atoms with Gasteiger partial charge in [-0.2, -0.15) is 0 Å². The number of amides is 1.